The van der Waals surface area contributed by atoms with Gasteiger partial charge in [0.05, 0.1) is 16.8 Å². The number of hydrogen-bond acceptors (Lipinski definition) is 4. The van der Waals surface area contributed by atoms with Crippen molar-refractivity contribution in [3.63, 3.8) is 0 Å². The minimum Gasteiger partial charge on any atom is -0.248 e. The van der Waals surface area contributed by atoms with Crippen LogP contribution in [-0.4, -0.2) is 19.9 Å². The maximum absolute atomic E-state index is 5.44. The predicted octanol–water partition coefficient (Wildman–Crippen LogP) is 13.9. The summed E-state index contributed by atoms with van der Waals surface area (Å²) in [6.45, 7) is 4.76. The summed E-state index contributed by atoms with van der Waals surface area (Å²) in [7, 11) is 0. The second kappa shape index (κ2) is 14.9. The number of hydrogen-bond donors (Lipinski definition) is 0. The number of benzene rings is 7. The summed E-state index contributed by atoms with van der Waals surface area (Å²) in [5.41, 5.74) is 16.5. The molecule has 7 aromatic carbocycles. The maximum atomic E-state index is 5.44. The van der Waals surface area contributed by atoms with E-state index in [1.54, 1.807) is 0 Å². The second-order valence-electron chi connectivity index (χ2n) is 17.7. The molecule has 0 saturated heterocycles. The number of pyridine rings is 1. The van der Waals surface area contributed by atoms with Crippen LogP contribution in [0.4, 0.5) is 0 Å². The highest BCUT2D eigenvalue weighted by Crippen LogP contribution is 2.66. The zero-order valence-electron chi connectivity index (χ0n) is 35.7. The monoisotopic (exact) mass is 820 g/mol. The quantitative estimate of drug-likeness (QED) is 0.168. The van der Waals surface area contributed by atoms with E-state index in [9.17, 15) is 0 Å². The molecule has 0 N–H and O–H groups in total. The molecule has 1 spiro atoms. The van der Waals surface area contributed by atoms with Crippen LogP contribution in [0.3, 0.4) is 0 Å². The molecule has 0 bridgehead atoms. The Morgan fingerprint density at radius 1 is 0.391 bits per heavy atom. The van der Waals surface area contributed by atoms with Crippen molar-refractivity contribution in [1.82, 2.24) is 19.9 Å². The Morgan fingerprint density at radius 2 is 0.859 bits per heavy atom. The molecule has 4 heteroatoms. The van der Waals surface area contributed by atoms with E-state index in [4.69, 9.17) is 19.9 Å². The molecule has 64 heavy (non-hydrogen) atoms. The van der Waals surface area contributed by atoms with Gasteiger partial charge in [0.15, 0.2) is 17.5 Å². The van der Waals surface area contributed by atoms with E-state index in [1.165, 1.54) is 33.4 Å². The van der Waals surface area contributed by atoms with Crippen LogP contribution in [0.25, 0.3) is 62.1 Å². The van der Waals surface area contributed by atoms with Crippen molar-refractivity contribution in [3.05, 3.63) is 257 Å². The molecular weight excluding hydrogens is 777 g/mol. The minimum absolute atomic E-state index is 0.0423. The van der Waals surface area contributed by atoms with Crippen molar-refractivity contribution >= 4 is 5.57 Å². The minimum atomic E-state index is -0.497. The van der Waals surface area contributed by atoms with E-state index in [-0.39, 0.29) is 17.3 Å². The Labute approximate surface area is 374 Å². The van der Waals surface area contributed by atoms with Crippen LogP contribution in [0.5, 0.6) is 0 Å². The van der Waals surface area contributed by atoms with Gasteiger partial charge in [-0.15, -0.1) is 0 Å². The molecule has 0 amide bonds. The van der Waals surface area contributed by atoms with Crippen LogP contribution in [-0.2, 0) is 10.8 Å². The summed E-state index contributed by atoms with van der Waals surface area (Å²) in [5, 5.41) is 0. The van der Waals surface area contributed by atoms with Crippen molar-refractivity contribution < 1.29 is 0 Å². The smallest absolute Gasteiger partial charge is 0.164 e. The summed E-state index contributed by atoms with van der Waals surface area (Å²) in [6.07, 6.45) is 7.33. The van der Waals surface area contributed by atoms with Gasteiger partial charge in [0.2, 0.25) is 0 Å². The molecule has 12 rings (SSSR count). The van der Waals surface area contributed by atoms with Crippen LogP contribution in [0, 0.1) is 5.92 Å². The second-order valence-corrected chi connectivity index (χ2v) is 17.7. The summed E-state index contributed by atoms with van der Waals surface area (Å²) >= 11 is 0. The van der Waals surface area contributed by atoms with Gasteiger partial charge in [-0.2, -0.15) is 0 Å². The first kappa shape index (κ1) is 37.9. The number of rotatable bonds is 6. The number of aromatic nitrogens is 4. The van der Waals surface area contributed by atoms with Crippen LogP contribution >= 0.6 is 0 Å². The average Bonchev–Trinajstić information content (AvgIpc) is 3.67. The molecule has 0 saturated carbocycles. The lowest BCUT2D eigenvalue weighted by molar-refractivity contribution is 0.421. The normalized spacial score (nSPS) is 17.2. The molecule has 9 aromatic rings. The Bertz CT molecular complexity index is 3130. The van der Waals surface area contributed by atoms with E-state index in [1.807, 2.05) is 36.4 Å². The van der Waals surface area contributed by atoms with Gasteiger partial charge in [-0.05, 0) is 62.2 Å². The van der Waals surface area contributed by atoms with Gasteiger partial charge in [-0.1, -0.05) is 220 Å². The molecule has 3 aliphatic rings. The van der Waals surface area contributed by atoms with E-state index in [0.29, 0.717) is 17.5 Å². The first-order valence-electron chi connectivity index (χ1n) is 22.2. The van der Waals surface area contributed by atoms with Gasteiger partial charge in [0.25, 0.3) is 0 Å². The molecule has 4 nitrogen and oxygen atoms in total. The highest BCUT2D eigenvalue weighted by Gasteiger charge is 2.58. The lowest BCUT2D eigenvalue weighted by atomic mass is 9.53. The molecule has 2 aromatic heterocycles. The molecule has 3 aliphatic carbocycles. The Hall–Kier alpha value is -7.82. The first-order valence-corrected chi connectivity index (χ1v) is 22.2. The van der Waals surface area contributed by atoms with Crippen molar-refractivity contribution in [3.8, 4) is 56.5 Å². The average molecular weight is 821 g/mol. The van der Waals surface area contributed by atoms with Gasteiger partial charge in [0.1, 0.15) is 0 Å². The molecule has 0 radical (unpaired) electrons. The summed E-state index contributed by atoms with van der Waals surface area (Å²) in [5.74, 6) is 1.96. The van der Waals surface area contributed by atoms with Gasteiger partial charge >= 0.3 is 0 Å². The molecule has 304 valence electrons. The third kappa shape index (κ3) is 5.90. The highest BCUT2D eigenvalue weighted by molar-refractivity contribution is 5.84. The van der Waals surface area contributed by atoms with Crippen molar-refractivity contribution in [2.45, 2.75) is 30.6 Å². The van der Waals surface area contributed by atoms with Crippen LogP contribution in [0.1, 0.15) is 58.8 Å². The van der Waals surface area contributed by atoms with Crippen LogP contribution in [0.15, 0.2) is 218 Å². The third-order valence-corrected chi connectivity index (χ3v) is 13.9. The Balaban J connectivity index is 1.14. The molecule has 2 atom stereocenters. The van der Waals surface area contributed by atoms with E-state index in [2.05, 4.69) is 196 Å². The number of fused-ring (bicyclic) bond motifs is 9. The van der Waals surface area contributed by atoms with Crippen molar-refractivity contribution in [2.75, 3.05) is 0 Å². The fourth-order valence-corrected chi connectivity index (χ4v) is 11.0. The topological polar surface area (TPSA) is 51.6 Å². The van der Waals surface area contributed by atoms with Crippen LogP contribution in [0.2, 0.25) is 0 Å². The van der Waals surface area contributed by atoms with E-state index in [0.717, 1.165) is 50.3 Å². The molecule has 2 unspecified atom stereocenters. The Kier molecular flexibility index (Phi) is 8.84. The maximum Gasteiger partial charge on any atom is 0.164 e. The van der Waals surface area contributed by atoms with Crippen molar-refractivity contribution in [1.29, 1.82) is 0 Å². The van der Waals surface area contributed by atoms with Gasteiger partial charge in [-0.25, -0.2) is 19.9 Å². The zero-order chi connectivity index (χ0) is 42.8. The van der Waals surface area contributed by atoms with Crippen molar-refractivity contribution in [2.24, 2.45) is 5.92 Å². The summed E-state index contributed by atoms with van der Waals surface area (Å²) in [6, 6.07) is 71.3. The number of allylic oxidation sites excluding steroid dienone is 4. The lowest BCUT2D eigenvalue weighted by Crippen LogP contribution is -2.44. The number of nitrogens with zero attached hydrogens (tertiary/aromatic N) is 4. The van der Waals surface area contributed by atoms with Gasteiger partial charge < -0.3 is 0 Å². The Morgan fingerprint density at radius 3 is 1.44 bits per heavy atom. The fraction of sp³-hybridized carbons (Fsp3) is 0.100. The SMILES string of the molecule is CC1(C)c2ccccc2C2(c3ccccc31)c1cccc(-c3nc(-c4ccccc4)nc(-c4ccccc4)n3)c1C1C=C(c3cc(-c4ccccc4)cc(-c4ccccc4)n3)C=CC12. The third-order valence-electron chi connectivity index (χ3n) is 13.9. The molecule has 0 aliphatic heterocycles. The first-order chi connectivity index (χ1) is 31.5. The molecule has 0 fully saturated rings. The molecular formula is C60H44N4. The molecule has 2 heterocycles. The lowest BCUT2D eigenvalue weighted by Gasteiger charge is -2.49. The van der Waals surface area contributed by atoms with Gasteiger partial charge in [0, 0.05) is 39.5 Å². The zero-order valence-corrected chi connectivity index (χ0v) is 35.7. The largest absolute Gasteiger partial charge is 0.248 e. The van der Waals surface area contributed by atoms with E-state index >= 15 is 0 Å². The summed E-state index contributed by atoms with van der Waals surface area (Å²) < 4.78 is 0. The van der Waals surface area contributed by atoms with Gasteiger partial charge in [-0.3, -0.25) is 0 Å². The fourth-order valence-electron chi connectivity index (χ4n) is 11.0. The predicted molar refractivity (Wildman–Crippen MR) is 259 cm³/mol. The van der Waals surface area contributed by atoms with Crippen LogP contribution < -0.4 is 0 Å². The highest BCUT2D eigenvalue weighted by atomic mass is 15.0. The van der Waals surface area contributed by atoms with E-state index < -0.39 is 5.41 Å². The standard InChI is InChI=1S/C60H44N4/c1-59(2)48-29-15-17-31-50(48)60(51-32-18-16-30-49(51)59)47-35-34-43(54-38-44(39-20-7-3-8-21-39)37-53(61-54)40-22-9-4-10-23-40)36-46(47)55-45(28-19-33-52(55)60)58-63-56(41-24-11-5-12-25-41)62-57(64-58)42-26-13-6-14-27-42/h3-38,46-47H,1-2H3. The summed E-state index contributed by atoms with van der Waals surface area (Å²) in [4.78, 5) is 21.2.